The summed E-state index contributed by atoms with van der Waals surface area (Å²) in [5.41, 5.74) is 0.604. The Morgan fingerprint density at radius 2 is 1.57 bits per heavy atom. The lowest BCUT2D eigenvalue weighted by atomic mass is 10.2. The third-order valence-electron chi connectivity index (χ3n) is 1.87. The van der Waals surface area contributed by atoms with E-state index in [1.165, 1.54) is 13.8 Å². The topological polar surface area (TPSA) is 70.1 Å². The maximum Gasteiger partial charge on any atom is 0.289 e. The first kappa shape index (κ1) is 11.4. The molecule has 0 spiro atoms. The van der Waals surface area contributed by atoms with E-state index in [0.717, 1.165) is 0 Å². The molecule has 0 fully saturated rings. The number of rotatable bonds is 1. The van der Waals surface area contributed by atoms with Gasteiger partial charge in [-0.05, 0) is 13.8 Å². The van der Waals surface area contributed by atoms with Crippen molar-refractivity contribution in [2.45, 2.75) is 13.8 Å². The van der Waals surface area contributed by atoms with Crippen molar-refractivity contribution in [3.05, 3.63) is 35.7 Å². The van der Waals surface area contributed by atoms with Crippen molar-refractivity contribution in [1.82, 2.24) is 0 Å². The quantitative estimate of drug-likeness (QED) is 0.262. The lowest BCUT2D eigenvalue weighted by Crippen LogP contribution is -2.32. The zero-order chi connectivity index (χ0) is 11.0. The molecule has 1 heterocycles. The molecule has 0 amide bonds. The van der Waals surface area contributed by atoms with Crippen molar-refractivity contribution < 1.29 is 9.65 Å². The molecule has 7 heteroatoms. The molecule has 76 valence electrons. The highest BCUT2D eigenvalue weighted by Crippen LogP contribution is 2.30. The van der Waals surface area contributed by atoms with Crippen LogP contribution in [0.3, 0.4) is 0 Å². The maximum absolute atomic E-state index is 11.4. The molecule has 0 saturated carbocycles. The van der Waals surface area contributed by atoms with E-state index in [0.29, 0.717) is 15.9 Å². The van der Waals surface area contributed by atoms with Gasteiger partial charge in [0.05, 0.1) is 4.92 Å². The van der Waals surface area contributed by atoms with Crippen LogP contribution in [0.5, 0.6) is 0 Å². The van der Waals surface area contributed by atoms with Crippen molar-refractivity contribution in [3.63, 3.8) is 0 Å². The van der Waals surface area contributed by atoms with Gasteiger partial charge in [0.15, 0.2) is 0 Å². The molecule has 0 bridgehead atoms. The first-order valence-electron chi connectivity index (χ1n) is 3.60. The van der Waals surface area contributed by atoms with E-state index in [2.05, 4.69) is 31.9 Å². The standard InChI is InChI=1S/C7H6Br2N2O3/c1-3-5(11(13)14)4(2)7(9)10(12)6(3)8/h1-2H3. The summed E-state index contributed by atoms with van der Waals surface area (Å²) in [4.78, 5) is 10.2. The summed E-state index contributed by atoms with van der Waals surface area (Å²) in [6.45, 7) is 3.05. The van der Waals surface area contributed by atoms with Crippen LogP contribution in [0.15, 0.2) is 9.21 Å². The average Bonchev–Trinajstić information content (AvgIpc) is 2.11. The van der Waals surface area contributed by atoms with Gasteiger partial charge in [-0.3, -0.25) is 10.1 Å². The largest absolute Gasteiger partial charge is 0.617 e. The van der Waals surface area contributed by atoms with Gasteiger partial charge in [0.2, 0.25) is 0 Å². The smallest absolute Gasteiger partial charge is 0.289 e. The van der Waals surface area contributed by atoms with Crippen LogP contribution in [0.1, 0.15) is 11.1 Å². The molecule has 0 aliphatic heterocycles. The molecule has 0 aliphatic rings. The molecule has 0 N–H and O–H groups in total. The van der Waals surface area contributed by atoms with Gasteiger partial charge in [0.1, 0.15) is 11.1 Å². The fourth-order valence-electron chi connectivity index (χ4n) is 1.14. The Balaban J connectivity index is 3.68. The van der Waals surface area contributed by atoms with Crippen LogP contribution in [0.2, 0.25) is 0 Å². The molecule has 1 rings (SSSR count). The molecule has 1 aromatic rings. The Kier molecular flexibility index (Phi) is 3.10. The molecule has 0 atom stereocenters. The molecule has 0 radical (unpaired) electrons. The number of hydrogen-bond acceptors (Lipinski definition) is 3. The van der Waals surface area contributed by atoms with Crippen LogP contribution in [-0.2, 0) is 0 Å². The van der Waals surface area contributed by atoms with Crippen LogP contribution in [-0.4, -0.2) is 4.92 Å². The Labute approximate surface area is 96.7 Å². The third-order valence-corrected chi connectivity index (χ3v) is 3.70. The molecular weight excluding hydrogens is 320 g/mol. The van der Waals surface area contributed by atoms with E-state index in [9.17, 15) is 15.3 Å². The van der Waals surface area contributed by atoms with Crippen LogP contribution in [0.25, 0.3) is 0 Å². The summed E-state index contributed by atoms with van der Waals surface area (Å²) in [7, 11) is 0. The van der Waals surface area contributed by atoms with Gasteiger partial charge in [-0.2, -0.15) is 4.73 Å². The maximum atomic E-state index is 11.4. The van der Waals surface area contributed by atoms with Gasteiger partial charge in [0.25, 0.3) is 14.9 Å². The molecule has 0 aromatic carbocycles. The zero-order valence-electron chi connectivity index (χ0n) is 7.38. The highest BCUT2D eigenvalue weighted by molar-refractivity contribution is 9.11. The van der Waals surface area contributed by atoms with Gasteiger partial charge in [-0.1, -0.05) is 0 Å². The van der Waals surface area contributed by atoms with E-state index in [4.69, 9.17) is 0 Å². The lowest BCUT2D eigenvalue weighted by Gasteiger charge is -2.07. The second-order valence-corrected chi connectivity index (χ2v) is 4.23. The van der Waals surface area contributed by atoms with Crippen molar-refractivity contribution >= 4 is 37.5 Å². The van der Waals surface area contributed by atoms with Gasteiger partial charge >= 0.3 is 0 Å². The van der Waals surface area contributed by atoms with Crippen LogP contribution < -0.4 is 4.73 Å². The predicted octanol–water partition coefficient (Wildman–Crippen LogP) is 2.37. The minimum atomic E-state index is -0.500. The van der Waals surface area contributed by atoms with E-state index in [1.807, 2.05) is 0 Å². The summed E-state index contributed by atoms with van der Waals surface area (Å²) in [6.07, 6.45) is 0. The third kappa shape index (κ3) is 1.61. The molecular formula is C7H6Br2N2O3. The highest BCUT2D eigenvalue weighted by Gasteiger charge is 2.27. The van der Waals surface area contributed by atoms with Crippen molar-refractivity contribution in [1.29, 1.82) is 0 Å². The van der Waals surface area contributed by atoms with E-state index >= 15 is 0 Å². The Bertz CT molecular complexity index is 391. The van der Waals surface area contributed by atoms with E-state index in [-0.39, 0.29) is 14.9 Å². The summed E-state index contributed by atoms with van der Waals surface area (Å²) in [6, 6.07) is 0. The van der Waals surface area contributed by atoms with Gasteiger partial charge in [0, 0.05) is 31.9 Å². The molecule has 5 nitrogen and oxygen atoms in total. The van der Waals surface area contributed by atoms with Gasteiger partial charge in [-0.25, -0.2) is 0 Å². The van der Waals surface area contributed by atoms with Crippen LogP contribution >= 0.6 is 31.9 Å². The SMILES string of the molecule is Cc1c([N+](=O)[O-])c(C)c(Br)[n+]([O-])c1Br. The molecule has 1 aromatic heterocycles. The first-order valence-corrected chi connectivity index (χ1v) is 5.18. The number of nitrogens with zero attached hydrogens (tertiary/aromatic N) is 2. The number of hydrogen-bond donors (Lipinski definition) is 0. The second kappa shape index (κ2) is 3.82. The number of pyridine rings is 1. The summed E-state index contributed by atoms with van der Waals surface area (Å²) in [5, 5.41) is 22.1. The fourth-order valence-corrected chi connectivity index (χ4v) is 2.11. The summed E-state index contributed by atoms with van der Waals surface area (Å²) < 4.78 is 0.876. The van der Waals surface area contributed by atoms with E-state index in [1.54, 1.807) is 0 Å². The Morgan fingerprint density at radius 3 is 1.86 bits per heavy atom. The van der Waals surface area contributed by atoms with Crippen LogP contribution in [0.4, 0.5) is 5.69 Å². The monoisotopic (exact) mass is 324 g/mol. The van der Waals surface area contributed by atoms with Crippen molar-refractivity contribution in [2.75, 3.05) is 0 Å². The highest BCUT2D eigenvalue weighted by atomic mass is 79.9. The Morgan fingerprint density at radius 1 is 1.21 bits per heavy atom. The Hall–Kier alpha value is -0.690. The summed E-state index contributed by atoms with van der Waals surface area (Å²) in [5.74, 6) is 0. The second-order valence-electron chi connectivity index (χ2n) is 2.73. The van der Waals surface area contributed by atoms with Gasteiger partial charge in [-0.15, -0.1) is 0 Å². The van der Waals surface area contributed by atoms with E-state index < -0.39 is 4.92 Å². The number of aromatic nitrogens is 1. The van der Waals surface area contributed by atoms with Crippen molar-refractivity contribution in [3.8, 4) is 0 Å². The molecule has 14 heavy (non-hydrogen) atoms. The molecule has 0 unspecified atom stereocenters. The minimum Gasteiger partial charge on any atom is -0.617 e. The molecule has 0 saturated heterocycles. The fraction of sp³-hybridized carbons (Fsp3) is 0.286. The van der Waals surface area contributed by atoms with Crippen LogP contribution in [0, 0.1) is 29.2 Å². The first-order chi connectivity index (χ1) is 6.37. The summed E-state index contributed by atoms with van der Waals surface area (Å²) >= 11 is 6.00. The van der Waals surface area contributed by atoms with Gasteiger partial charge < -0.3 is 5.21 Å². The zero-order valence-corrected chi connectivity index (χ0v) is 10.5. The average molecular weight is 326 g/mol. The normalized spacial score (nSPS) is 10.3. The lowest BCUT2D eigenvalue weighted by molar-refractivity contribution is -0.630. The molecule has 0 aliphatic carbocycles. The number of halogens is 2. The number of nitro groups is 1. The van der Waals surface area contributed by atoms with Crippen molar-refractivity contribution in [2.24, 2.45) is 0 Å². The minimum absolute atomic E-state index is 0.0455. The predicted molar refractivity (Wildman–Crippen MR) is 56.9 cm³/mol.